The molecule has 2 saturated carbocycles. The zero-order chi connectivity index (χ0) is 33.3. The average Bonchev–Trinajstić information content (AvgIpc) is 3.76. The van der Waals surface area contributed by atoms with Crippen LogP contribution in [0.15, 0.2) is 9.05 Å². The Morgan fingerprint density at radius 2 is 1.04 bits per heavy atom. The Hall–Kier alpha value is -3.92. The molecule has 2 aliphatic carbocycles. The second kappa shape index (κ2) is 19.6. The highest BCUT2D eigenvalue weighted by molar-refractivity contribution is 5.89. The third kappa shape index (κ3) is 12.5. The Morgan fingerprint density at radius 3 is 1.35 bits per heavy atom. The summed E-state index contributed by atoms with van der Waals surface area (Å²) in [4.78, 5) is 52.9. The molecule has 0 bridgehead atoms. The normalized spacial score (nSPS) is 16.9. The van der Waals surface area contributed by atoms with Gasteiger partial charge in [0, 0.05) is 24.7 Å². The van der Waals surface area contributed by atoms with Crippen molar-refractivity contribution >= 4 is 23.6 Å². The van der Waals surface area contributed by atoms with Gasteiger partial charge in [-0.25, -0.2) is 11.0 Å². The molecule has 2 aromatic heterocycles. The predicted octanol–water partition coefficient (Wildman–Crippen LogP) is 3.80. The number of hydrogen-bond acceptors (Lipinski definition) is 12. The van der Waals surface area contributed by atoms with Gasteiger partial charge in [0.2, 0.25) is 23.6 Å². The molecule has 2 atom stereocenters. The molecule has 16 nitrogen and oxygen atoms in total. The van der Waals surface area contributed by atoms with E-state index in [4.69, 9.17) is 30.9 Å². The lowest BCUT2D eigenvalue weighted by Crippen LogP contribution is -2.21. The van der Waals surface area contributed by atoms with Crippen molar-refractivity contribution in [3.63, 3.8) is 0 Å². The monoisotopic (exact) mass is 648 g/mol. The number of hydrogen-bond donors (Lipinski definition) is 6. The second-order valence-electron chi connectivity index (χ2n) is 12.4. The summed E-state index contributed by atoms with van der Waals surface area (Å²) in [6, 6.07) is 0. The van der Waals surface area contributed by atoms with Gasteiger partial charge in [-0.2, -0.15) is 9.97 Å². The maximum absolute atomic E-state index is 11.5. The van der Waals surface area contributed by atoms with Crippen molar-refractivity contribution in [2.45, 2.75) is 127 Å². The van der Waals surface area contributed by atoms with Crippen molar-refractivity contribution in [3.8, 4) is 0 Å². The van der Waals surface area contributed by atoms with E-state index in [0.29, 0.717) is 12.8 Å². The molecule has 256 valence electrons. The van der Waals surface area contributed by atoms with Crippen molar-refractivity contribution in [1.82, 2.24) is 31.2 Å². The second-order valence-corrected chi connectivity index (χ2v) is 12.4. The molecule has 2 aliphatic rings. The lowest BCUT2D eigenvalue weighted by molar-refractivity contribution is -0.130. The first kappa shape index (κ1) is 36.5. The molecule has 0 aromatic carbocycles. The number of hydroxylamine groups is 2. The number of primary amides is 2. The number of carbonyl (C=O) groups is 4. The molecule has 0 radical (unpaired) electrons. The lowest BCUT2D eigenvalue weighted by Gasteiger charge is -2.22. The highest BCUT2D eigenvalue weighted by Gasteiger charge is 2.26. The van der Waals surface area contributed by atoms with Gasteiger partial charge in [-0.05, 0) is 24.7 Å². The van der Waals surface area contributed by atoms with E-state index >= 15 is 0 Å². The largest absolute Gasteiger partial charge is 0.363 e. The zero-order valence-corrected chi connectivity index (χ0v) is 26.3. The number of nitrogens with one attached hydrogen (secondary N) is 2. The van der Waals surface area contributed by atoms with E-state index in [1.165, 1.54) is 64.2 Å². The summed E-state index contributed by atoms with van der Waals surface area (Å²) < 4.78 is 10.1. The predicted molar refractivity (Wildman–Crippen MR) is 161 cm³/mol. The van der Waals surface area contributed by atoms with Crippen molar-refractivity contribution in [2.75, 3.05) is 0 Å². The molecule has 16 heteroatoms. The Labute approximate surface area is 267 Å². The number of nitrogens with zero attached hydrogens (tertiary/aromatic N) is 4. The quantitative estimate of drug-likeness (QED) is 0.112. The smallest absolute Gasteiger partial charge is 0.290 e. The average molecular weight is 649 g/mol. The van der Waals surface area contributed by atoms with Gasteiger partial charge < -0.3 is 20.5 Å². The summed E-state index contributed by atoms with van der Waals surface area (Å²) in [6.07, 6.45) is 18.4. The van der Waals surface area contributed by atoms with Crippen LogP contribution in [0.1, 0.15) is 160 Å². The van der Waals surface area contributed by atoms with E-state index in [9.17, 15) is 19.2 Å². The fourth-order valence-electron chi connectivity index (χ4n) is 6.42. The maximum Gasteiger partial charge on any atom is 0.290 e. The zero-order valence-electron chi connectivity index (χ0n) is 26.3. The molecule has 0 spiro atoms. The Morgan fingerprint density at radius 1 is 0.674 bits per heavy atom. The number of rotatable bonds is 16. The van der Waals surface area contributed by atoms with Crippen LogP contribution in [-0.2, 0) is 9.59 Å². The lowest BCUT2D eigenvalue weighted by atomic mass is 9.84. The van der Waals surface area contributed by atoms with Gasteiger partial charge in [-0.1, -0.05) is 100 Å². The minimum Gasteiger partial charge on any atom is -0.363 e. The van der Waals surface area contributed by atoms with Crippen LogP contribution in [-0.4, -0.2) is 54.3 Å². The van der Waals surface area contributed by atoms with Gasteiger partial charge in [-0.3, -0.25) is 29.6 Å². The van der Waals surface area contributed by atoms with Crippen LogP contribution in [0, 0.1) is 11.8 Å². The van der Waals surface area contributed by atoms with Crippen molar-refractivity contribution in [2.24, 2.45) is 23.3 Å². The number of amides is 4. The number of nitrogens with two attached hydrogens (primary N) is 2. The summed E-state index contributed by atoms with van der Waals surface area (Å²) in [6.45, 7) is 0. The van der Waals surface area contributed by atoms with E-state index in [0.717, 1.165) is 37.5 Å². The van der Waals surface area contributed by atoms with E-state index < -0.39 is 23.6 Å². The summed E-state index contributed by atoms with van der Waals surface area (Å²) >= 11 is 0. The molecule has 2 fully saturated rings. The van der Waals surface area contributed by atoms with Crippen LogP contribution >= 0.6 is 0 Å². The van der Waals surface area contributed by atoms with Crippen LogP contribution < -0.4 is 22.4 Å². The van der Waals surface area contributed by atoms with Gasteiger partial charge in [0.05, 0.1) is 0 Å². The molecular weight excluding hydrogens is 600 g/mol. The third-order valence-electron chi connectivity index (χ3n) is 8.92. The molecule has 0 saturated heterocycles. The van der Waals surface area contributed by atoms with Gasteiger partial charge in [-0.15, -0.1) is 0 Å². The third-order valence-corrected chi connectivity index (χ3v) is 8.92. The molecule has 2 aromatic rings. The number of carbonyl (C=O) groups excluding carboxylic acids is 4. The molecule has 46 heavy (non-hydrogen) atoms. The first-order chi connectivity index (χ1) is 22.2. The van der Waals surface area contributed by atoms with Crippen molar-refractivity contribution in [1.29, 1.82) is 0 Å². The van der Waals surface area contributed by atoms with E-state index in [1.54, 1.807) is 11.0 Å². The van der Waals surface area contributed by atoms with Crippen LogP contribution in [0.2, 0.25) is 0 Å². The van der Waals surface area contributed by atoms with Gasteiger partial charge in [0.1, 0.15) is 0 Å². The molecule has 4 rings (SSSR count). The first-order valence-corrected chi connectivity index (χ1v) is 16.3. The van der Waals surface area contributed by atoms with Crippen molar-refractivity contribution in [3.05, 3.63) is 23.4 Å². The van der Waals surface area contributed by atoms with Gasteiger partial charge in [0.15, 0.2) is 0 Å². The maximum atomic E-state index is 11.5. The highest BCUT2D eigenvalue weighted by Crippen LogP contribution is 2.32. The van der Waals surface area contributed by atoms with Crippen LogP contribution in [0.25, 0.3) is 0 Å². The molecule has 0 unspecified atom stereocenters. The summed E-state index contributed by atoms with van der Waals surface area (Å²) in [5, 5.41) is 24.5. The minimum atomic E-state index is -0.771. The molecule has 4 amide bonds. The number of aromatic nitrogens is 4. The van der Waals surface area contributed by atoms with Crippen LogP contribution in [0.4, 0.5) is 0 Å². The summed E-state index contributed by atoms with van der Waals surface area (Å²) in [5.74, 6) is -1.70. The minimum absolute atomic E-state index is 0.0293. The van der Waals surface area contributed by atoms with Gasteiger partial charge in [0.25, 0.3) is 23.5 Å². The first-order valence-electron chi connectivity index (χ1n) is 16.3. The van der Waals surface area contributed by atoms with E-state index in [-0.39, 0.29) is 48.1 Å². The topological polar surface area (TPSA) is 263 Å². The fourth-order valence-corrected chi connectivity index (χ4v) is 6.42. The highest BCUT2D eigenvalue weighted by atomic mass is 16.5. The standard InChI is InChI=1S/2C15H24N4O4/c2*16-13(21)14-17-15(23-19-14)11(9-12(20)18-22)8-4-7-10-5-2-1-3-6-10/h2*10-11,22H,1-9H2,(H2,16,21)(H,18,20)/t2*11-/m11/s1. The summed E-state index contributed by atoms with van der Waals surface area (Å²) in [7, 11) is 0. The van der Waals surface area contributed by atoms with Gasteiger partial charge >= 0.3 is 0 Å². The van der Waals surface area contributed by atoms with E-state index in [1.807, 2.05) is 0 Å². The molecule has 0 aliphatic heterocycles. The van der Waals surface area contributed by atoms with E-state index in [2.05, 4.69) is 20.3 Å². The molecule has 8 N–H and O–H groups in total. The fraction of sp³-hybridized carbons (Fsp3) is 0.733. The Balaban J connectivity index is 0.000000250. The SMILES string of the molecule is NC(=O)c1noc([C@H](CCCC2CCCCC2)CC(=O)NO)n1.NC(=O)c1noc([C@H](CCCC2CCCCC2)CC(=O)NO)n1. The molecular formula is C30H48N8O8. The van der Waals surface area contributed by atoms with Crippen LogP contribution in [0.3, 0.4) is 0 Å². The Kier molecular flexibility index (Phi) is 15.5. The Bertz CT molecular complexity index is 1140. The summed E-state index contributed by atoms with van der Waals surface area (Å²) in [5.41, 5.74) is 13.4. The van der Waals surface area contributed by atoms with Crippen molar-refractivity contribution < 1.29 is 38.6 Å². The van der Waals surface area contributed by atoms with Crippen LogP contribution in [0.5, 0.6) is 0 Å². The molecule has 2 heterocycles.